The van der Waals surface area contributed by atoms with Crippen LogP contribution in [-0.4, -0.2) is 18.8 Å². The highest BCUT2D eigenvalue weighted by molar-refractivity contribution is 4.92. The molecule has 2 aliphatic rings. The van der Waals surface area contributed by atoms with Gasteiger partial charge in [0.05, 0.1) is 5.60 Å². The zero-order chi connectivity index (χ0) is 11.8. The van der Waals surface area contributed by atoms with Crippen molar-refractivity contribution in [1.29, 1.82) is 0 Å². The van der Waals surface area contributed by atoms with Crippen molar-refractivity contribution in [3.8, 4) is 0 Å². The highest BCUT2D eigenvalue weighted by atomic mass is 16.5. The van der Waals surface area contributed by atoms with E-state index in [-0.39, 0.29) is 5.60 Å². The lowest BCUT2D eigenvalue weighted by molar-refractivity contribution is 0.00774. The highest BCUT2D eigenvalue weighted by Gasteiger charge is 2.40. The molecule has 16 heavy (non-hydrogen) atoms. The van der Waals surface area contributed by atoms with Crippen molar-refractivity contribution in [3.05, 3.63) is 0 Å². The van der Waals surface area contributed by atoms with E-state index < -0.39 is 0 Å². The lowest BCUT2D eigenvalue weighted by Crippen LogP contribution is -2.35. The van der Waals surface area contributed by atoms with E-state index in [2.05, 4.69) is 13.8 Å². The Bertz CT molecular complexity index is 239. The highest BCUT2D eigenvalue weighted by Crippen LogP contribution is 2.50. The average molecular weight is 225 g/mol. The molecule has 2 N–H and O–H groups in total. The molecule has 0 aliphatic heterocycles. The third-order valence-corrected chi connectivity index (χ3v) is 4.80. The van der Waals surface area contributed by atoms with Gasteiger partial charge < -0.3 is 10.5 Å². The Morgan fingerprint density at radius 3 is 2.56 bits per heavy atom. The van der Waals surface area contributed by atoms with Gasteiger partial charge in [0.25, 0.3) is 0 Å². The summed E-state index contributed by atoms with van der Waals surface area (Å²) in [6.45, 7) is 4.27. The van der Waals surface area contributed by atoms with Crippen LogP contribution in [0.5, 0.6) is 0 Å². The minimum absolute atomic E-state index is 0.0585. The van der Waals surface area contributed by atoms with Crippen molar-refractivity contribution in [2.75, 3.05) is 7.11 Å². The minimum Gasteiger partial charge on any atom is -0.379 e. The van der Waals surface area contributed by atoms with Gasteiger partial charge in [0.15, 0.2) is 0 Å². The van der Waals surface area contributed by atoms with Gasteiger partial charge in [-0.25, -0.2) is 0 Å². The quantitative estimate of drug-likeness (QED) is 0.780. The van der Waals surface area contributed by atoms with E-state index in [1.165, 1.54) is 32.1 Å². The largest absolute Gasteiger partial charge is 0.379 e. The Hall–Kier alpha value is -0.0800. The van der Waals surface area contributed by atoms with Gasteiger partial charge in [-0.05, 0) is 63.7 Å². The molecule has 94 valence electrons. The van der Waals surface area contributed by atoms with Crippen LogP contribution in [0.3, 0.4) is 0 Å². The fraction of sp³-hybridized carbons (Fsp3) is 1.00. The third kappa shape index (κ3) is 2.78. The number of rotatable bonds is 5. The monoisotopic (exact) mass is 225 g/mol. The summed E-state index contributed by atoms with van der Waals surface area (Å²) in [6, 6.07) is 0.319. The van der Waals surface area contributed by atoms with Gasteiger partial charge in [-0.3, -0.25) is 0 Å². The van der Waals surface area contributed by atoms with Gasteiger partial charge >= 0.3 is 0 Å². The Balaban J connectivity index is 1.77. The van der Waals surface area contributed by atoms with E-state index in [1.54, 1.807) is 7.11 Å². The third-order valence-electron chi connectivity index (χ3n) is 4.80. The summed E-state index contributed by atoms with van der Waals surface area (Å²) in [4.78, 5) is 0. The van der Waals surface area contributed by atoms with Gasteiger partial charge in [-0.2, -0.15) is 0 Å². The van der Waals surface area contributed by atoms with Gasteiger partial charge in [0.2, 0.25) is 0 Å². The topological polar surface area (TPSA) is 35.2 Å². The predicted molar refractivity (Wildman–Crippen MR) is 67.2 cm³/mol. The van der Waals surface area contributed by atoms with Gasteiger partial charge in [0, 0.05) is 13.2 Å². The molecule has 0 amide bonds. The lowest BCUT2D eigenvalue weighted by atomic mass is 9.82. The number of methoxy groups -OCH3 is 1. The molecule has 2 aliphatic carbocycles. The maximum Gasteiger partial charge on any atom is 0.0637 e. The van der Waals surface area contributed by atoms with Crippen molar-refractivity contribution in [3.63, 3.8) is 0 Å². The molecule has 0 spiro atoms. The summed E-state index contributed by atoms with van der Waals surface area (Å²) in [5, 5.41) is 0. The van der Waals surface area contributed by atoms with Crippen LogP contribution in [0.15, 0.2) is 0 Å². The molecule has 0 aromatic rings. The van der Waals surface area contributed by atoms with Gasteiger partial charge in [-0.1, -0.05) is 6.42 Å². The molecule has 2 saturated carbocycles. The van der Waals surface area contributed by atoms with E-state index in [9.17, 15) is 0 Å². The van der Waals surface area contributed by atoms with Crippen LogP contribution in [-0.2, 0) is 4.74 Å². The van der Waals surface area contributed by atoms with Crippen LogP contribution in [0.2, 0.25) is 0 Å². The average Bonchev–Trinajstić information content (AvgIpc) is 2.78. The molecule has 0 aromatic carbocycles. The Morgan fingerprint density at radius 2 is 2.06 bits per heavy atom. The van der Waals surface area contributed by atoms with Crippen molar-refractivity contribution in [2.45, 2.75) is 64.0 Å². The first kappa shape index (κ1) is 12.4. The predicted octanol–water partition coefficient (Wildman–Crippen LogP) is 2.96. The summed E-state index contributed by atoms with van der Waals surface area (Å²) in [5.41, 5.74) is 6.21. The summed E-state index contributed by atoms with van der Waals surface area (Å²) in [6.07, 6.45) is 8.10. The molecular weight excluding hydrogens is 198 g/mol. The molecule has 2 rings (SSSR count). The maximum absolute atomic E-state index is 6.27. The van der Waals surface area contributed by atoms with Crippen LogP contribution in [0, 0.1) is 17.8 Å². The Kier molecular flexibility index (Phi) is 3.60. The summed E-state index contributed by atoms with van der Waals surface area (Å²) in [7, 11) is 1.78. The van der Waals surface area contributed by atoms with Crippen LogP contribution in [0.4, 0.5) is 0 Å². The van der Waals surface area contributed by atoms with Crippen molar-refractivity contribution in [2.24, 2.45) is 23.5 Å². The number of fused-ring (bicyclic) bond motifs is 2. The maximum atomic E-state index is 6.27. The second kappa shape index (κ2) is 4.66. The molecular formula is C14H27NO. The van der Waals surface area contributed by atoms with Crippen molar-refractivity contribution < 1.29 is 4.74 Å². The summed E-state index contributed by atoms with van der Waals surface area (Å²) in [5.74, 6) is 2.96. The molecule has 0 saturated heterocycles. The molecule has 4 unspecified atom stereocenters. The van der Waals surface area contributed by atoms with Crippen LogP contribution in [0.25, 0.3) is 0 Å². The number of nitrogens with two attached hydrogens (primary N) is 1. The molecule has 0 heterocycles. The first-order chi connectivity index (χ1) is 7.50. The van der Waals surface area contributed by atoms with E-state index in [0.29, 0.717) is 6.04 Å². The van der Waals surface area contributed by atoms with Gasteiger partial charge in [-0.15, -0.1) is 0 Å². The Labute approximate surface area is 99.9 Å². The van der Waals surface area contributed by atoms with E-state index in [4.69, 9.17) is 10.5 Å². The second-order valence-corrected chi connectivity index (χ2v) is 6.60. The van der Waals surface area contributed by atoms with Crippen LogP contribution < -0.4 is 5.73 Å². The first-order valence-electron chi connectivity index (χ1n) is 6.81. The SMILES string of the molecule is COC(C)(C)CC(N)CC1CC2CCC1C2. The first-order valence-corrected chi connectivity index (χ1v) is 6.81. The molecule has 2 bridgehead atoms. The standard InChI is InChI=1S/C14H27NO/c1-14(2,16-3)9-13(15)8-12-7-10-4-5-11(12)6-10/h10-13H,4-9,15H2,1-3H3. The van der Waals surface area contributed by atoms with Crippen molar-refractivity contribution >= 4 is 0 Å². The minimum atomic E-state index is -0.0585. The molecule has 2 heteroatoms. The van der Waals surface area contributed by atoms with E-state index >= 15 is 0 Å². The zero-order valence-corrected chi connectivity index (χ0v) is 11.0. The normalized spacial score (nSPS) is 35.6. The molecule has 0 aromatic heterocycles. The fourth-order valence-corrected chi connectivity index (χ4v) is 3.85. The Morgan fingerprint density at radius 1 is 1.31 bits per heavy atom. The summed E-state index contributed by atoms with van der Waals surface area (Å²) >= 11 is 0. The van der Waals surface area contributed by atoms with Gasteiger partial charge in [0.1, 0.15) is 0 Å². The molecule has 2 nitrogen and oxygen atoms in total. The molecule has 4 atom stereocenters. The molecule has 2 fully saturated rings. The second-order valence-electron chi connectivity index (χ2n) is 6.60. The van der Waals surface area contributed by atoms with Crippen molar-refractivity contribution in [1.82, 2.24) is 0 Å². The number of hydrogen-bond acceptors (Lipinski definition) is 2. The van der Waals surface area contributed by atoms with Crippen LogP contribution >= 0.6 is 0 Å². The fourth-order valence-electron chi connectivity index (χ4n) is 3.85. The lowest BCUT2D eigenvalue weighted by Gasteiger charge is -2.30. The van der Waals surface area contributed by atoms with Crippen LogP contribution in [0.1, 0.15) is 52.4 Å². The van der Waals surface area contributed by atoms with E-state index in [1.807, 2.05) is 0 Å². The summed E-state index contributed by atoms with van der Waals surface area (Å²) < 4.78 is 5.45. The zero-order valence-electron chi connectivity index (χ0n) is 11.0. The number of ether oxygens (including phenoxy) is 1. The molecule has 0 radical (unpaired) electrons. The van der Waals surface area contributed by atoms with E-state index in [0.717, 1.165) is 24.2 Å². The smallest absolute Gasteiger partial charge is 0.0637 e. The number of hydrogen-bond donors (Lipinski definition) is 1.